The SMILES string of the molecule is CCCCCCCCCCCN(CCCCCCCCCCC)P(=O)(O)OCCCCCC. The van der Waals surface area contributed by atoms with Crippen LogP contribution in [0.15, 0.2) is 0 Å². The van der Waals surface area contributed by atoms with E-state index in [-0.39, 0.29) is 0 Å². The Balaban J connectivity index is 4.20. The van der Waals surface area contributed by atoms with Gasteiger partial charge in [0.25, 0.3) is 0 Å². The topological polar surface area (TPSA) is 49.8 Å². The zero-order chi connectivity index (χ0) is 24.5. The van der Waals surface area contributed by atoms with Gasteiger partial charge in [0.05, 0.1) is 6.61 Å². The minimum absolute atomic E-state index is 0.403. The molecule has 0 fully saturated rings. The highest BCUT2D eigenvalue weighted by Crippen LogP contribution is 2.46. The van der Waals surface area contributed by atoms with Crippen LogP contribution in [0.3, 0.4) is 0 Å². The van der Waals surface area contributed by atoms with Gasteiger partial charge in [-0.15, -0.1) is 0 Å². The van der Waals surface area contributed by atoms with E-state index in [0.717, 1.165) is 38.5 Å². The summed E-state index contributed by atoms with van der Waals surface area (Å²) >= 11 is 0. The van der Waals surface area contributed by atoms with E-state index in [1.807, 2.05) is 0 Å². The second-order valence-electron chi connectivity index (χ2n) is 9.99. The molecular weight excluding hydrogens is 429 g/mol. The molecule has 0 aliphatic rings. The Hall–Kier alpha value is 0.110. The van der Waals surface area contributed by atoms with Crippen molar-refractivity contribution in [3.63, 3.8) is 0 Å². The first-order valence-corrected chi connectivity index (χ1v) is 16.3. The van der Waals surface area contributed by atoms with Gasteiger partial charge >= 0.3 is 7.75 Å². The molecule has 0 spiro atoms. The Morgan fingerprint density at radius 3 is 1.18 bits per heavy atom. The highest BCUT2D eigenvalue weighted by Gasteiger charge is 2.28. The van der Waals surface area contributed by atoms with Gasteiger partial charge < -0.3 is 4.89 Å². The average Bonchev–Trinajstić information content (AvgIpc) is 2.80. The Morgan fingerprint density at radius 2 is 0.818 bits per heavy atom. The minimum Gasteiger partial charge on any atom is -0.312 e. The maximum absolute atomic E-state index is 12.9. The average molecular weight is 490 g/mol. The molecule has 1 unspecified atom stereocenters. The summed E-state index contributed by atoms with van der Waals surface area (Å²) in [5, 5.41) is 0. The molecule has 0 radical (unpaired) electrons. The molecule has 0 aromatic heterocycles. The standard InChI is InChI=1S/C28H60NO3P/c1-4-7-10-13-15-17-19-21-23-26-29(33(30,31)32-28-25-12-9-6-3)27-24-22-20-18-16-14-11-8-5-2/h4-28H2,1-3H3,(H,30,31). The van der Waals surface area contributed by atoms with Crippen LogP contribution < -0.4 is 0 Å². The lowest BCUT2D eigenvalue weighted by Crippen LogP contribution is -2.24. The summed E-state index contributed by atoms with van der Waals surface area (Å²) in [5.41, 5.74) is 0. The summed E-state index contributed by atoms with van der Waals surface area (Å²) in [4.78, 5) is 10.6. The van der Waals surface area contributed by atoms with Crippen LogP contribution >= 0.6 is 7.75 Å². The molecule has 5 heteroatoms. The maximum atomic E-state index is 12.9. The number of unbranched alkanes of at least 4 members (excludes halogenated alkanes) is 19. The van der Waals surface area contributed by atoms with Crippen LogP contribution in [0.5, 0.6) is 0 Å². The molecule has 4 nitrogen and oxygen atoms in total. The Morgan fingerprint density at radius 1 is 0.515 bits per heavy atom. The van der Waals surface area contributed by atoms with Gasteiger partial charge in [0.15, 0.2) is 0 Å². The van der Waals surface area contributed by atoms with Gasteiger partial charge in [-0.05, 0) is 19.3 Å². The number of hydrogen-bond acceptors (Lipinski definition) is 2. The third kappa shape index (κ3) is 22.3. The molecule has 0 bridgehead atoms. The fourth-order valence-corrected chi connectivity index (χ4v) is 5.69. The van der Waals surface area contributed by atoms with Crippen LogP contribution in [0.4, 0.5) is 0 Å². The lowest BCUT2D eigenvalue weighted by atomic mass is 10.1. The van der Waals surface area contributed by atoms with Crippen molar-refractivity contribution in [1.29, 1.82) is 0 Å². The molecule has 0 saturated heterocycles. The van der Waals surface area contributed by atoms with Crippen molar-refractivity contribution < 1.29 is 14.0 Å². The first kappa shape index (κ1) is 33.1. The lowest BCUT2D eigenvalue weighted by Gasteiger charge is -2.26. The first-order chi connectivity index (χ1) is 16.1. The van der Waals surface area contributed by atoms with Crippen LogP contribution in [0, 0.1) is 0 Å². The third-order valence-corrected chi connectivity index (χ3v) is 8.29. The molecule has 0 saturated carbocycles. The maximum Gasteiger partial charge on any atom is 0.405 e. The van der Waals surface area contributed by atoms with Crippen LogP contribution in [0.25, 0.3) is 0 Å². The fraction of sp³-hybridized carbons (Fsp3) is 1.00. The molecule has 0 aromatic rings. The van der Waals surface area contributed by atoms with E-state index in [4.69, 9.17) is 4.52 Å². The van der Waals surface area contributed by atoms with Crippen molar-refractivity contribution >= 4 is 7.75 Å². The van der Waals surface area contributed by atoms with Crippen molar-refractivity contribution in [3.05, 3.63) is 0 Å². The molecular formula is C28H60NO3P. The van der Waals surface area contributed by atoms with Crippen molar-refractivity contribution in [1.82, 2.24) is 4.67 Å². The predicted molar refractivity (Wildman–Crippen MR) is 146 cm³/mol. The molecule has 1 atom stereocenters. The number of hydrogen-bond donors (Lipinski definition) is 1. The van der Waals surface area contributed by atoms with Crippen molar-refractivity contribution in [3.8, 4) is 0 Å². The summed E-state index contributed by atoms with van der Waals surface area (Å²) in [6, 6.07) is 0. The smallest absolute Gasteiger partial charge is 0.312 e. The zero-order valence-electron chi connectivity index (χ0n) is 22.8. The lowest BCUT2D eigenvalue weighted by molar-refractivity contribution is 0.194. The molecule has 0 aliphatic carbocycles. The van der Waals surface area contributed by atoms with Gasteiger partial charge in [-0.2, -0.15) is 0 Å². The quantitative estimate of drug-likeness (QED) is 0.0921. The van der Waals surface area contributed by atoms with Gasteiger partial charge in [-0.3, -0.25) is 4.52 Å². The van der Waals surface area contributed by atoms with Gasteiger partial charge in [-0.25, -0.2) is 9.24 Å². The second kappa shape index (κ2) is 25.2. The molecule has 0 aromatic carbocycles. The number of rotatable bonds is 27. The Kier molecular flexibility index (Phi) is 25.3. The van der Waals surface area contributed by atoms with E-state index in [2.05, 4.69) is 20.8 Å². The number of nitrogens with zero attached hydrogens (tertiary/aromatic N) is 1. The molecule has 200 valence electrons. The minimum atomic E-state index is -3.67. The third-order valence-electron chi connectivity index (χ3n) is 6.65. The molecule has 1 N–H and O–H groups in total. The van der Waals surface area contributed by atoms with Gasteiger partial charge in [-0.1, -0.05) is 143 Å². The fourth-order valence-electron chi connectivity index (χ4n) is 4.37. The van der Waals surface area contributed by atoms with Crippen molar-refractivity contribution in [2.24, 2.45) is 0 Å². The van der Waals surface area contributed by atoms with Crippen molar-refractivity contribution in [2.45, 2.75) is 162 Å². The van der Waals surface area contributed by atoms with Gasteiger partial charge in [0.1, 0.15) is 0 Å². The molecule has 0 aliphatic heterocycles. The monoisotopic (exact) mass is 489 g/mol. The van der Waals surface area contributed by atoms with E-state index in [1.54, 1.807) is 4.67 Å². The molecule has 0 amide bonds. The van der Waals surface area contributed by atoms with Crippen LogP contribution in [-0.2, 0) is 9.09 Å². The van der Waals surface area contributed by atoms with Crippen LogP contribution in [-0.4, -0.2) is 29.3 Å². The highest BCUT2D eigenvalue weighted by atomic mass is 31.2. The Labute approximate surface area is 208 Å². The molecule has 33 heavy (non-hydrogen) atoms. The highest BCUT2D eigenvalue weighted by molar-refractivity contribution is 7.50. The van der Waals surface area contributed by atoms with E-state index in [0.29, 0.717) is 19.7 Å². The zero-order valence-corrected chi connectivity index (χ0v) is 23.7. The Bertz CT molecular complexity index is 411. The first-order valence-electron chi connectivity index (χ1n) is 14.8. The largest absolute Gasteiger partial charge is 0.405 e. The van der Waals surface area contributed by atoms with E-state index in [1.165, 1.54) is 103 Å². The summed E-state index contributed by atoms with van der Waals surface area (Å²) < 4.78 is 20.3. The molecule has 0 heterocycles. The summed E-state index contributed by atoms with van der Waals surface area (Å²) in [6.07, 6.45) is 27.1. The predicted octanol–water partition coefficient (Wildman–Crippen LogP) is 10.0. The van der Waals surface area contributed by atoms with Gasteiger partial charge in [0.2, 0.25) is 0 Å². The van der Waals surface area contributed by atoms with Crippen LogP contribution in [0.1, 0.15) is 162 Å². The summed E-state index contributed by atoms with van der Waals surface area (Å²) in [5.74, 6) is 0. The van der Waals surface area contributed by atoms with E-state index in [9.17, 15) is 9.46 Å². The van der Waals surface area contributed by atoms with E-state index >= 15 is 0 Å². The van der Waals surface area contributed by atoms with Crippen molar-refractivity contribution in [2.75, 3.05) is 19.7 Å². The van der Waals surface area contributed by atoms with Gasteiger partial charge in [0, 0.05) is 13.1 Å². The normalized spacial score (nSPS) is 13.6. The summed E-state index contributed by atoms with van der Waals surface area (Å²) in [6.45, 7) is 8.48. The summed E-state index contributed by atoms with van der Waals surface area (Å²) in [7, 11) is -3.67. The molecule has 0 rings (SSSR count). The van der Waals surface area contributed by atoms with E-state index < -0.39 is 7.75 Å². The second-order valence-corrected chi connectivity index (χ2v) is 11.8. The van der Waals surface area contributed by atoms with Crippen LogP contribution in [0.2, 0.25) is 0 Å².